The Kier molecular flexibility index (Phi) is 7.65. The molecule has 0 spiro atoms. The molecule has 8 heteroatoms. The Labute approximate surface area is 234 Å². The first kappa shape index (κ1) is 26.4. The molecule has 2 aromatic carbocycles. The number of nitrogens with zero attached hydrogens (tertiary/aromatic N) is 3. The molecule has 0 radical (unpaired) electrons. The van der Waals surface area contributed by atoms with Crippen molar-refractivity contribution in [1.29, 1.82) is 0 Å². The third-order valence-electron chi connectivity index (χ3n) is 7.30. The molecule has 1 amide bonds. The minimum absolute atomic E-state index is 0.0472. The average molecular weight is 540 g/mol. The standard InChI is InChI=1S/C31H33N5O2S/c1-20-10-5-6-13-26(20)33-28(37)15-17-35-30(29(34-31(35)39)27-14-7-8-16-32-27)25-18-21(2)36(22(25)3)23-11-9-12-24(19-23)38-4/h5-14,16,18-19,29-30H,15,17H2,1-4H3,(H,33,37)(H,34,39)/t29-,30-/m1/s1. The van der Waals surface area contributed by atoms with Crippen LogP contribution in [0.25, 0.3) is 5.69 Å². The lowest BCUT2D eigenvalue weighted by molar-refractivity contribution is -0.116. The fourth-order valence-electron chi connectivity index (χ4n) is 5.37. The first-order valence-corrected chi connectivity index (χ1v) is 13.4. The lowest BCUT2D eigenvalue weighted by Crippen LogP contribution is -2.33. The Balaban J connectivity index is 1.48. The minimum Gasteiger partial charge on any atom is -0.497 e. The van der Waals surface area contributed by atoms with E-state index in [1.165, 1.54) is 0 Å². The fourth-order valence-corrected chi connectivity index (χ4v) is 5.70. The van der Waals surface area contributed by atoms with Gasteiger partial charge >= 0.3 is 0 Å². The van der Waals surface area contributed by atoms with E-state index in [0.29, 0.717) is 18.1 Å². The molecular weight excluding hydrogens is 506 g/mol. The Morgan fingerprint density at radius 3 is 2.59 bits per heavy atom. The van der Waals surface area contributed by atoms with Gasteiger partial charge in [-0.25, -0.2) is 0 Å². The summed E-state index contributed by atoms with van der Waals surface area (Å²) in [4.78, 5) is 19.7. The average Bonchev–Trinajstić information content (AvgIpc) is 3.43. The maximum Gasteiger partial charge on any atom is 0.226 e. The van der Waals surface area contributed by atoms with Crippen LogP contribution in [0.3, 0.4) is 0 Å². The predicted molar refractivity (Wildman–Crippen MR) is 158 cm³/mol. The zero-order chi connectivity index (χ0) is 27.5. The van der Waals surface area contributed by atoms with E-state index in [0.717, 1.165) is 45.3 Å². The highest BCUT2D eigenvalue weighted by Crippen LogP contribution is 2.41. The summed E-state index contributed by atoms with van der Waals surface area (Å²) in [6, 6.07) is 23.7. The van der Waals surface area contributed by atoms with E-state index in [1.807, 2.05) is 67.6 Å². The number of nitrogens with one attached hydrogen (secondary N) is 2. The third-order valence-corrected chi connectivity index (χ3v) is 7.65. The van der Waals surface area contributed by atoms with Crippen LogP contribution in [0.15, 0.2) is 79.0 Å². The largest absolute Gasteiger partial charge is 0.497 e. The van der Waals surface area contributed by atoms with Crippen molar-refractivity contribution in [3.05, 3.63) is 107 Å². The van der Waals surface area contributed by atoms with Gasteiger partial charge in [0, 0.05) is 48.0 Å². The number of anilines is 1. The number of carbonyl (C=O) groups is 1. The monoisotopic (exact) mass is 539 g/mol. The van der Waals surface area contributed by atoms with Crippen molar-refractivity contribution in [2.45, 2.75) is 39.3 Å². The maximum atomic E-state index is 13.0. The molecule has 0 aliphatic carbocycles. The number of thiocarbonyl (C=S) groups is 1. The Bertz CT molecular complexity index is 1500. The molecule has 1 fully saturated rings. The summed E-state index contributed by atoms with van der Waals surface area (Å²) in [6.07, 6.45) is 2.10. The molecule has 3 heterocycles. The summed E-state index contributed by atoms with van der Waals surface area (Å²) in [5, 5.41) is 7.16. The number of amides is 1. The van der Waals surface area contributed by atoms with E-state index in [2.05, 4.69) is 51.1 Å². The van der Waals surface area contributed by atoms with E-state index in [4.69, 9.17) is 17.0 Å². The summed E-state index contributed by atoms with van der Waals surface area (Å²) in [5.74, 6) is 0.756. The maximum absolute atomic E-state index is 13.0. The number of rotatable bonds is 8. The molecule has 0 unspecified atom stereocenters. The van der Waals surface area contributed by atoms with E-state index in [9.17, 15) is 4.79 Å². The number of hydrogen-bond acceptors (Lipinski definition) is 4. The second-order valence-corrected chi connectivity index (χ2v) is 10.2. The van der Waals surface area contributed by atoms with Gasteiger partial charge in [-0.05, 0) is 80.5 Å². The second-order valence-electron chi connectivity index (χ2n) is 9.80. The van der Waals surface area contributed by atoms with E-state index >= 15 is 0 Å². The lowest BCUT2D eigenvalue weighted by Gasteiger charge is -2.28. The molecule has 200 valence electrons. The number of carbonyl (C=O) groups excluding carboxylic acids is 1. The van der Waals surface area contributed by atoms with Gasteiger partial charge in [-0.3, -0.25) is 9.78 Å². The summed E-state index contributed by atoms with van der Waals surface area (Å²) >= 11 is 5.84. The van der Waals surface area contributed by atoms with Crippen LogP contribution < -0.4 is 15.4 Å². The van der Waals surface area contributed by atoms with Gasteiger partial charge < -0.3 is 24.8 Å². The number of methoxy groups -OCH3 is 1. The SMILES string of the molecule is COc1cccc(-n2c(C)cc([C@@H]3[C@@H](c4ccccn4)NC(=S)N3CCC(=O)Nc3ccccc3C)c2C)c1. The summed E-state index contributed by atoms with van der Waals surface area (Å²) in [7, 11) is 1.68. The molecule has 1 aliphatic rings. The van der Waals surface area contributed by atoms with Crippen LogP contribution in [0.5, 0.6) is 5.75 Å². The molecule has 1 saturated heterocycles. The van der Waals surface area contributed by atoms with Crippen LogP contribution >= 0.6 is 12.2 Å². The molecule has 2 N–H and O–H groups in total. The highest BCUT2D eigenvalue weighted by atomic mass is 32.1. The predicted octanol–water partition coefficient (Wildman–Crippen LogP) is 5.81. The number of ether oxygens (including phenoxy) is 1. The fraction of sp³-hybridized carbons (Fsp3) is 0.258. The van der Waals surface area contributed by atoms with Crippen molar-refractivity contribution in [2.75, 3.05) is 19.0 Å². The van der Waals surface area contributed by atoms with Gasteiger partial charge in [-0.2, -0.15) is 0 Å². The zero-order valence-corrected chi connectivity index (χ0v) is 23.5. The lowest BCUT2D eigenvalue weighted by atomic mass is 9.96. The van der Waals surface area contributed by atoms with Crippen molar-refractivity contribution in [1.82, 2.24) is 19.8 Å². The summed E-state index contributed by atoms with van der Waals surface area (Å²) in [5.41, 5.74) is 7.14. The number of aryl methyl sites for hydroxylation is 2. The quantitative estimate of drug-likeness (QED) is 0.276. The molecular formula is C31H33N5O2S. The molecule has 0 bridgehead atoms. The van der Waals surface area contributed by atoms with Crippen molar-refractivity contribution >= 4 is 28.9 Å². The van der Waals surface area contributed by atoms with Crippen molar-refractivity contribution in [3.63, 3.8) is 0 Å². The molecule has 39 heavy (non-hydrogen) atoms. The number of benzene rings is 2. The zero-order valence-electron chi connectivity index (χ0n) is 22.6. The molecule has 0 saturated carbocycles. The highest BCUT2D eigenvalue weighted by Gasteiger charge is 2.41. The van der Waals surface area contributed by atoms with Gasteiger partial charge in [-0.1, -0.05) is 30.3 Å². The van der Waals surface area contributed by atoms with E-state index < -0.39 is 0 Å². The number of pyridine rings is 1. The van der Waals surface area contributed by atoms with Gasteiger partial charge in [0.25, 0.3) is 0 Å². The normalized spacial score (nSPS) is 16.7. The van der Waals surface area contributed by atoms with Crippen LogP contribution in [0.1, 0.15) is 46.7 Å². The highest BCUT2D eigenvalue weighted by molar-refractivity contribution is 7.80. The Hall–Kier alpha value is -4.17. The van der Waals surface area contributed by atoms with Crippen LogP contribution in [0, 0.1) is 20.8 Å². The van der Waals surface area contributed by atoms with Crippen LogP contribution in [0.2, 0.25) is 0 Å². The van der Waals surface area contributed by atoms with Crippen LogP contribution in [0.4, 0.5) is 5.69 Å². The van der Waals surface area contributed by atoms with Crippen molar-refractivity contribution in [2.24, 2.45) is 0 Å². The number of para-hydroxylation sites is 1. The minimum atomic E-state index is -0.155. The molecule has 4 aromatic rings. The van der Waals surface area contributed by atoms with Gasteiger partial charge in [-0.15, -0.1) is 0 Å². The first-order valence-electron chi connectivity index (χ1n) is 13.0. The Morgan fingerprint density at radius 1 is 1.05 bits per heavy atom. The van der Waals surface area contributed by atoms with Gasteiger partial charge in [0.2, 0.25) is 5.91 Å². The Morgan fingerprint density at radius 2 is 1.85 bits per heavy atom. The van der Waals surface area contributed by atoms with Gasteiger partial charge in [0.05, 0.1) is 24.9 Å². The van der Waals surface area contributed by atoms with Gasteiger partial charge in [0.1, 0.15) is 5.75 Å². The van der Waals surface area contributed by atoms with Crippen LogP contribution in [-0.2, 0) is 4.79 Å². The van der Waals surface area contributed by atoms with Crippen molar-refractivity contribution < 1.29 is 9.53 Å². The molecule has 2 aromatic heterocycles. The van der Waals surface area contributed by atoms with E-state index in [1.54, 1.807) is 13.3 Å². The number of hydrogen-bond donors (Lipinski definition) is 2. The molecule has 5 rings (SSSR count). The topological polar surface area (TPSA) is 71.4 Å². The van der Waals surface area contributed by atoms with Crippen molar-refractivity contribution in [3.8, 4) is 11.4 Å². The van der Waals surface area contributed by atoms with Gasteiger partial charge in [0.15, 0.2) is 5.11 Å². The molecule has 2 atom stereocenters. The van der Waals surface area contributed by atoms with E-state index in [-0.39, 0.29) is 18.0 Å². The molecule has 7 nitrogen and oxygen atoms in total. The molecule has 1 aliphatic heterocycles. The summed E-state index contributed by atoms with van der Waals surface area (Å²) in [6.45, 7) is 6.69. The van der Waals surface area contributed by atoms with Crippen LogP contribution in [-0.4, -0.2) is 39.1 Å². The number of aromatic nitrogens is 2. The third kappa shape index (κ3) is 5.38. The first-order chi connectivity index (χ1) is 18.9. The second kappa shape index (κ2) is 11.3. The smallest absolute Gasteiger partial charge is 0.226 e. The summed E-state index contributed by atoms with van der Waals surface area (Å²) < 4.78 is 7.71.